The minimum Gasteiger partial charge on any atom is -0.489 e. The van der Waals surface area contributed by atoms with E-state index in [2.05, 4.69) is 4.99 Å². The molecule has 2 unspecified atom stereocenters. The van der Waals surface area contributed by atoms with E-state index >= 15 is 0 Å². The summed E-state index contributed by atoms with van der Waals surface area (Å²) in [5, 5.41) is 0. The van der Waals surface area contributed by atoms with Crippen molar-refractivity contribution in [2.24, 2.45) is 10.7 Å². The molecule has 0 fully saturated rings. The molecular weight excluding hydrogens is 410 g/mol. The van der Waals surface area contributed by atoms with Crippen LogP contribution in [0.2, 0.25) is 0 Å². The Labute approximate surface area is 185 Å². The number of hydrogen-bond donors (Lipinski definition) is 1. The number of carbonyl (C=O) groups is 1. The number of amides is 1. The van der Waals surface area contributed by atoms with Crippen LogP contribution in [-0.4, -0.2) is 17.7 Å². The van der Waals surface area contributed by atoms with E-state index in [0.717, 1.165) is 11.1 Å². The summed E-state index contributed by atoms with van der Waals surface area (Å²) in [4.78, 5) is 17.0. The molecule has 6 heteroatoms. The summed E-state index contributed by atoms with van der Waals surface area (Å²) in [7, 11) is 0. The maximum absolute atomic E-state index is 13.8. The van der Waals surface area contributed by atoms with Crippen molar-refractivity contribution < 1.29 is 18.3 Å². The summed E-state index contributed by atoms with van der Waals surface area (Å²) in [5.74, 6) is -1.51. The number of nitrogens with zero attached hydrogens (tertiary/aromatic N) is 1. The number of benzene rings is 3. The largest absolute Gasteiger partial charge is 0.489 e. The van der Waals surface area contributed by atoms with Gasteiger partial charge in [-0.15, -0.1) is 0 Å². The van der Waals surface area contributed by atoms with Crippen LogP contribution in [0, 0.1) is 11.6 Å². The smallest absolute Gasteiger partial charge is 0.227 e. The molecule has 2 N–H and O–H groups in total. The summed E-state index contributed by atoms with van der Waals surface area (Å²) >= 11 is 0. The summed E-state index contributed by atoms with van der Waals surface area (Å²) in [5.41, 5.74) is 6.94. The van der Waals surface area contributed by atoms with Gasteiger partial charge in [-0.25, -0.2) is 8.78 Å². The topological polar surface area (TPSA) is 64.7 Å². The second-order valence-corrected chi connectivity index (χ2v) is 7.76. The quantitative estimate of drug-likeness (QED) is 0.559. The maximum atomic E-state index is 13.8. The molecule has 0 bridgehead atoms. The molecule has 162 valence electrons. The first-order valence-electron chi connectivity index (χ1n) is 10.2. The molecule has 3 aromatic carbocycles. The summed E-state index contributed by atoms with van der Waals surface area (Å²) in [6.45, 7) is 0.247. The Morgan fingerprint density at radius 2 is 1.69 bits per heavy atom. The number of aliphatic imine (C=N–C) groups is 1. The molecule has 2 atom stereocenters. The lowest BCUT2D eigenvalue weighted by Crippen LogP contribution is -2.41. The van der Waals surface area contributed by atoms with Gasteiger partial charge >= 0.3 is 0 Å². The Morgan fingerprint density at radius 1 is 0.969 bits per heavy atom. The van der Waals surface area contributed by atoms with Gasteiger partial charge < -0.3 is 10.5 Å². The van der Waals surface area contributed by atoms with Gasteiger partial charge in [0.1, 0.15) is 24.0 Å². The Hall–Kier alpha value is -3.80. The standard InChI is InChI=1S/C26H22F2N2O2/c27-21-6-1-4-19(14-21)17-32-23-10-8-18(9-11-23)16-26(12-3-13-30-26)24(25(29)31)20-5-2-7-22(28)15-20/h1-15,24H,16-17H2,(H2,29,31). The van der Waals surface area contributed by atoms with Gasteiger partial charge in [0.05, 0.1) is 11.5 Å². The molecule has 1 aliphatic rings. The number of ether oxygens (including phenoxy) is 1. The highest BCUT2D eigenvalue weighted by Crippen LogP contribution is 2.38. The van der Waals surface area contributed by atoms with Crippen LogP contribution in [0.3, 0.4) is 0 Å². The van der Waals surface area contributed by atoms with Crippen LogP contribution in [-0.2, 0) is 17.8 Å². The van der Waals surface area contributed by atoms with Gasteiger partial charge in [-0.2, -0.15) is 0 Å². The lowest BCUT2D eigenvalue weighted by atomic mass is 9.75. The van der Waals surface area contributed by atoms with Crippen molar-refractivity contribution in [2.45, 2.75) is 24.5 Å². The number of carbonyl (C=O) groups excluding carboxylic acids is 1. The predicted octanol–water partition coefficient (Wildman–Crippen LogP) is 4.73. The molecule has 0 radical (unpaired) electrons. The highest BCUT2D eigenvalue weighted by Gasteiger charge is 2.42. The summed E-state index contributed by atoms with van der Waals surface area (Å²) in [6.07, 6.45) is 5.63. The van der Waals surface area contributed by atoms with Crippen molar-refractivity contribution in [3.05, 3.63) is 113 Å². The number of nitrogens with two attached hydrogens (primary N) is 1. The molecule has 4 nitrogen and oxygen atoms in total. The Bertz CT molecular complexity index is 1160. The Balaban J connectivity index is 1.53. The minimum absolute atomic E-state index is 0.247. The number of allylic oxidation sites excluding steroid dienone is 1. The number of hydrogen-bond acceptors (Lipinski definition) is 3. The fraction of sp³-hybridized carbons (Fsp3) is 0.154. The van der Waals surface area contributed by atoms with E-state index < -0.39 is 23.2 Å². The normalized spacial score (nSPS) is 17.9. The number of halogens is 2. The Morgan fingerprint density at radius 3 is 2.31 bits per heavy atom. The highest BCUT2D eigenvalue weighted by molar-refractivity contribution is 5.87. The zero-order valence-corrected chi connectivity index (χ0v) is 17.2. The van der Waals surface area contributed by atoms with E-state index in [4.69, 9.17) is 10.5 Å². The average molecular weight is 432 g/mol. The van der Waals surface area contributed by atoms with Crippen LogP contribution in [0.15, 0.2) is 89.9 Å². The van der Waals surface area contributed by atoms with Crippen LogP contribution >= 0.6 is 0 Å². The van der Waals surface area contributed by atoms with E-state index in [1.165, 1.54) is 24.3 Å². The molecule has 1 amide bonds. The summed E-state index contributed by atoms with van der Waals surface area (Å²) in [6, 6.07) is 19.5. The fourth-order valence-electron chi connectivity index (χ4n) is 4.02. The van der Waals surface area contributed by atoms with Gasteiger partial charge in [0.25, 0.3) is 0 Å². The van der Waals surface area contributed by atoms with Crippen LogP contribution in [0.4, 0.5) is 8.78 Å². The first kappa shape index (κ1) is 21.4. The first-order valence-corrected chi connectivity index (χ1v) is 10.2. The lowest BCUT2D eigenvalue weighted by Gasteiger charge is -2.32. The van der Waals surface area contributed by atoms with Gasteiger partial charge in [0.15, 0.2) is 0 Å². The maximum Gasteiger partial charge on any atom is 0.227 e. The SMILES string of the molecule is NC(=O)C(c1cccc(F)c1)C1(Cc2ccc(OCc3cccc(F)c3)cc2)C=CC=N1. The second-order valence-electron chi connectivity index (χ2n) is 7.76. The molecule has 32 heavy (non-hydrogen) atoms. The van der Waals surface area contributed by atoms with E-state index in [9.17, 15) is 13.6 Å². The van der Waals surface area contributed by atoms with Crippen molar-refractivity contribution in [1.82, 2.24) is 0 Å². The van der Waals surface area contributed by atoms with Crippen LogP contribution in [0.5, 0.6) is 5.75 Å². The molecule has 3 aromatic rings. The second kappa shape index (κ2) is 9.14. The third kappa shape index (κ3) is 4.75. The first-order chi connectivity index (χ1) is 15.4. The Kier molecular flexibility index (Phi) is 6.12. The molecule has 0 spiro atoms. The summed E-state index contributed by atoms with van der Waals surface area (Å²) < 4.78 is 32.9. The lowest BCUT2D eigenvalue weighted by molar-refractivity contribution is -0.120. The molecule has 0 saturated heterocycles. The molecule has 0 aromatic heterocycles. The van der Waals surface area contributed by atoms with Gasteiger partial charge in [-0.1, -0.05) is 42.5 Å². The van der Waals surface area contributed by atoms with Gasteiger partial charge in [0, 0.05) is 12.6 Å². The fourth-order valence-corrected chi connectivity index (χ4v) is 4.02. The molecule has 1 aliphatic heterocycles. The number of primary amides is 1. The molecule has 0 aliphatic carbocycles. The number of rotatable bonds is 8. The third-order valence-corrected chi connectivity index (χ3v) is 5.46. The molecular formula is C26H22F2N2O2. The van der Waals surface area contributed by atoms with Gasteiger partial charge in [-0.3, -0.25) is 9.79 Å². The predicted molar refractivity (Wildman–Crippen MR) is 120 cm³/mol. The average Bonchev–Trinajstić information content (AvgIpc) is 3.22. The van der Waals surface area contributed by atoms with Crippen molar-refractivity contribution in [1.29, 1.82) is 0 Å². The molecule has 0 saturated carbocycles. The van der Waals surface area contributed by atoms with Gasteiger partial charge in [-0.05, 0) is 59.2 Å². The zero-order valence-electron chi connectivity index (χ0n) is 17.2. The highest BCUT2D eigenvalue weighted by atomic mass is 19.1. The monoisotopic (exact) mass is 432 g/mol. The zero-order chi connectivity index (χ0) is 22.6. The van der Waals surface area contributed by atoms with Crippen molar-refractivity contribution >= 4 is 12.1 Å². The molecule has 1 heterocycles. The van der Waals surface area contributed by atoms with Crippen LogP contribution in [0.1, 0.15) is 22.6 Å². The van der Waals surface area contributed by atoms with E-state index in [1.807, 2.05) is 30.3 Å². The van der Waals surface area contributed by atoms with E-state index in [-0.39, 0.29) is 12.4 Å². The van der Waals surface area contributed by atoms with Crippen molar-refractivity contribution in [3.8, 4) is 5.75 Å². The third-order valence-electron chi connectivity index (χ3n) is 5.46. The minimum atomic E-state index is -0.941. The van der Waals surface area contributed by atoms with Crippen LogP contribution < -0.4 is 10.5 Å². The van der Waals surface area contributed by atoms with E-state index in [0.29, 0.717) is 17.7 Å². The van der Waals surface area contributed by atoms with Crippen molar-refractivity contribution in [3.63, 3.8) is 0 Å². The van der Waals surface area contributed by atoms with Crippen LogP contribution in [0.25, 0.3) is 0 Å². The van der Waals surface area contributed by atoms with E-state index in [1.54, 1.807) is 36.6 Å². The van der Waals surface area contributed by atoms with Gasteiger partial charge in [0.2, 0.25) is 5.91 Å². The van der Waals surface area contributed by atoms with Crippen molar-refractivity contribution in [2.75, 3.05) is 0 Å². The molecule has 4 rings (SSSR count).